The molecule has 92 valence electrons. The van der Waals surface area contributed by atoms with Crippen molar-refractivity contribution >= 4 is 5.91 Å². The summed E-state index contributed by atoms with van der Waals surface area (Å²) in [5, 5.41) is 9.70. The van der Waals surface area contributed by atoms with Gasteiger partial charge in [0.15, 0.2) is 0 Å². The van der Waals surface area contributed by atoms with Gasteiger partial charge in [-0.05, 0) is 12.0 Å². The third-order valence-electron chi connectivity index (χ3n) is 3.27. The minimum absolute atomic E-state index is 0.407. The topological polar surface area (TPSA) is 66.6 Å². The molecule has 0 spiro atoms. The molecule has 1 aliphatic rings. The van der Waals surface area contributed by atoms with E-state index < -0.39 is 17.9 Å². The third kappa shape index (κ3) is 3.05. The molecule has 1 aromatic rings. The Hall–Kier alpha value is -1.39. The lowest BCUT2D eigenvalue weighted by Gasteiger charge is -2.34. The highest BCUT2D eigenvalue weighted by Crippen LogP contribution is 2.18. The lowest BCUT2D eigenvalue weighted by Crippen LogP contribution is -2.48. The predicted molar refractivity (Wildman–Crippen MR) is 65.0 cm³/mol. The largest absolute Gasteiger partial charge is 0.392 e. The van der Waals surface area contributed by atoms with Gasteiger partial charge < -0.3 is 10.8 Å². The Labute approximate surface area is 101 Å². The van der Waals surface area contributed by atoms with Crippen molar-refractivity contribution in [2.45, 2.75) is 19.1 Å². The van der Waals surface area contributed by atoms with Gasteiger partial charge in [0.25, 0.3) is 0 Å². The summed E-state index contributed by atoms with van der Waals surface area (Å²) >= 11 is 0. The van der Waals surface area contributed by atoms with Crippen LogP contribution in [0.15, 0.2) is 30.3 Å². The summed E-state index contributed by atoms with van der Waals surface area (Å²) in [5.74, 6) is -0.845. The van der Waals surface area contributed by atoms with Crippen LogP contribution in [-0.2, 0) is 11.3 Å². The third-order valence-corrected chi connectivity index (χ3v) is 3.27. The van der Waals surface area contributed by atoms with Crippen LogP contribution in [0.25, 0.3) is 0 Å². The number of likely N-dealkylation sites (tertiary alicyclic amines) is 1. The van der Waals surface area contributed by atoms with E-state index in [9.17, 15) is 9.90 Å². The van der Waals surface area contributed by atoms with Crippen molar-refractivity contribution < 1.29 is 9.90 Å². The van der Waals surface area contributed by atoms with E-state index >= 15 is 0 Å². The molecule has 0 radical (unpaired) electrons. The molecule has 0 bridgehead atoms. The Balaban J connectivity index is 1.97. The van der Waals surface area contributed by atoms with Crippen LogP contribution in [0.2, 0.25) is 0 Å². The standard InChI is InChI=1S/C13H18N2O2/c14-13(17)11-9-15(7-6-12(11)16)8-10-4-2-1-3-5-10/h1-5,11-12,16H,6-9H2,(H2,14,17)/t11-,12?/m0/s1. The molecule has 0 saturated carbocycles. The molecule has 2 atom stereocenters. The molecular weight excluding hydrogens is 216 g/mol. The first-order valence-electron chi connectivity index (χ1n) is 5.90. The molecular formula is C13H18N2O2. The average molecular weight is 234 g/mol. The Morgan fingerprint density at radius 1 is 1.41 bits per heavy atom. The first-order chi connectivity index (χ1) is 8.16. The van der Waals surface area contributed by atoms with E-state index in [0.717, 1.165) is 13.1 Å². The number of aliphatic hydroxyl groups excluding tert-OH is 1. The van der Waals surface area contributed by atoms with Crippen molar-refractivity contribution in [2.24, 2.45) is 11.7 Å². The number of benzene rings is 1. The number of hydrogen-bond acceptors (Lipinski definition) is 3. The van der Waals surface area contributed by atoms with E-state index in [2.05, 4.69) is 17.0 Å². The first kappa shape index (κ1) is 12.1. The van der Waals surface area contributed by atoms with Gasteiger partial charge in [0.05, 0.1) is 12.0 Å². The molecule has 0 aromatic heterocycles. The number of rotatable bonds is 3. The Morgan fingerprint density at radius 3 is 2.76 bits per heavy atom. The molecule has 1 saturated heterocycles. The zero-order valence-electron chi connectivity index (χ0n) is 9.75. The lowest BCUT2D eigenvalue weighted by molar-refractivity contribution is -0.128. The van der Waals surface area contributed by atoms with Crippen LogP contribution < -0.4 is 5.73 Å². The highest BCUT2D eigenvalue weighted by molar-refractivity contribution is 5.77. The zero-order chi connectivity index (χ0) is 12.3. The summed E-state index contributed by atoms with van der Waals surface area (Å²) in [6.07, 6.45) is 0.0278. The van der Waals surface area contributed by atoms with E-state index in [1.165, 1.54) is 5.56 Å². The monoisotopic (exact) mass is 234 g/mol. The summed E-state index contributed by atoms with van der Waals surface area (Å²) < 4.78 is 0. The normalized spacial score (nSPS) is 25.7. The molecule has 1 heterocycles. The number of piperidine rings is 1. The summed E-state index contributed by atoms with van der Waals surface area (Å²) in [4.78, 5) is 13.4. The van der Waals surface area contributed by atoms with Gasteiger partial charge in [-0.15, -0.1) is 0 Å². The minimum Gasteiger partial charge on any atom is -0.392 e. The molecule has 3 N–H and O–H groups in total. The number of hydrogen-bond donors (Lipinski definition) is 2. The SMILES string of the molecule is NC(=O)[C@H]1CN(Cc2ccccc2)CCC1O. The van der Waals surface area contributed by atoms with Crippen LogP contribution in [0.4, 0.5) is 0 Å². The molecule has 2 rings (SSSR count). The van der Waals surface area contributed by atoms with Crippen LogP contribution in [0.1, 0.15) is 12.0 Å². The Morgan fingerprint density at radius 2 is 2.12 bits per heavy atom. The second-order valence-electron chi connectivity index (χ2n) is 4.59. The van der Waals surface area contributed by atoms with Crippen LogP contribution in [-0.4, -0.2) is 35.1 Å². The molecule has 4 nitrogen and oxygen atoms in total. The maximum Gasteiger partial charge on any atom is 0.224 e. The van der Waals surface area contributed by atoms with Gasteiger partial charge in [0.1, 0.15) is 0 Å². The molecule has 1 fully saturated rings. The second-order valence-corrected chi connectivity index (χ2v) is 4.59. The lowest BCUT2D eigenvalue weighted by atomic mass is 9.94. The van der Waals surface area contributed by atoms with Crippen molar-refractivity contribution in [3.05, 3.63) is 35.9 Å². The van der Waals surface area contributed by atoms with Gasteiger partial charge in [-0.2, -0.15) is 0 Å². The Kier molecular flexibility index (Phi) is 3.76. The number of primary amides is 1. The first-order valence-corrected chi connectivity index (χ1v) is 5.90. The van der Waals surface area contributed by atoms with Crippen molar-refractivity contribution in [1.82, 2.24) is 4.90 Å². The number of aliphatic hydroxyl groups is 1. The van der Waals surface area contributed by atoms with Gasteiger partial charge in [-0.25, -0.2) is 0 Å². The number of amides is 1. The van der Waals surface area contributed by atoms with Gasteiger partial charge in [-0.3, -0.25) is 9.69 Å². The van der Waals surface area contributed by atoms with Crippen LogP contribution in [0.3, 0.4) is 0 Å². The molecule has 1 unspecified atom stereocenters. The number of nitrogens with zero attached hydrogens (tertiary/aromatic N) is 1. The van der Waals surface area contributed by atoms with E-state index in [1.54, 1.807) is 0 Å². The number of nitrogens with two attached hydrogens (primary N) is 1. The van der Waals surface area contributed by atoms with Gasteiger partial charge in [0, 0.05) is 19.6 Å². The summed E-state index contributed by atoms with van der Waals surface area (Å²) in [7, 11) is 0. The van der Waals surface area contributed by atoms with Crippen LogP contribution in [0, 0.1) is 5.92 Å². The maximum atomic E-state index is 11.2. The predicted octanol–water partition coefficient (Wildman–Crippen LogP) is 0.355. The fourth-order valence-electron chi connectivity index (χ4n) is 2.27. The minimum atomic E-state index is -0.584. The molecule has 0 aliphatic carbocycles. The quantitative estimate of drug-likeness (QED) is 0.793. The Bertz CT molecular complexity index is 380. The summed E-state index contributed by atoms with van der Waals surface area (Å²) in [6, 6.07) is 10.1. The molecule has 1 amide bonds. The van der Waals surface area contributed by atoms with E-state index in [1.807, 2.05) is 18.2 Å². The summed E-state index contributed by atoms with van der Waals surface area (Å²) in [5.41, 5.74) is 6.50. The van der Waals surface area contributed by atoms with Crippen LogP contribution >= 0.6 is 0 Å². The van der Waals surface area contributed by atoms with E-state index in [0.29, 0.717) is 13.0 Å². The maximum absolute atomic E-state index is 11.2. The smallest absolute Gasteiger partial charge is 0.224 e. The highest BCUT2D eigenvalue weighted by Gasteiger charge is 2.31. The molecule has 1 aliphatic heterocycles. The molecule has 1 aromatic carbocycles. The van der Waals surface area contributed by atoms with Gasteiger partial charge in [0.2, 0.25) is 5.91 Å². The van der Waals surface area contributed by atoms with E-state index in [4.69, 9.17) is 5.73 Å². The zero-order valence-corrected chi connectivity index (χ0v) is 9.75. The van der Waals surface area contributed by atoms with Gasteiger partial charge >= 0.3 is 0 Å². The van der Waals surface area contributed by atoms with Crippen molar-refractivity contribution in [2.75, 3.05) is 13.1 Å². The van der Waals surface area contributed by atoms with Crippen molar-refractivity contribution in [3.8, 4) is 0 Å². The summed E-state index contributed by atoms with van der Waals surface area (Å²) in [6.45, 7) is 2.16. The van der Waals surface area contributed by atoms with Crippen molar-refractivity contribution in [1.29, 1.82) is 0 Å². The number of carbonyl (C=O) groups is 1. The molecule has 4 heteroatoms. The van der Waals surface area contributed by atoms with E-state index in [-0.39, 0.29) is 0 Å². The van der Waals surface area contributed by atoms with Crippen LogP contribution in [0.5, 0.6) is 0 Å². The van der Waals surface area contributed by atoms with Crippen molar-refractivity contribution in [3.63, 3.8) is 0 Å². The fraction of sp³-hybridized carbons (Fsp3) is 0.462. The second kappa shape index (κ2) is 5.29. The molecule has 17 heavy (non-hydrogen) atoms. The fourth-order valence-corrected chi connectivity index (χ4v) is 2.27. The number of carbonyl (C=O) groups excluding carboxylic acids is 1. The van der Waals surface area contributed by atoms with Gasteiger partial charge in [-0.1, -0.05) is 30.3 Å². The average Bonchev–Trinajstić information content (AvgIpc) is 2.32. The highest BCUT2D eigenvalue weighted by atomic mass is 16.3.